The lowest BCUT2D eigenvalue weighted by Gasteiger charge is -2.35. The lowest BCUT2D eigenvalue weighted by Crippen LogP contribution is -2.37. The Morgan fingerprint density at radius 2 is 1.91 bits per heavy atom. The first-order valence-electron chi connectivity index (χ1n) is 11.9. The van der Waals surface area contributed by atoms with E-state index < -0.39 is 0 Å². The quantitative estimate of drug-likeness (QED) is 0.387. The van der Waals surface area contributed by atoms with Gasteiger partial charge in [0.05, 0.1) is 0 Å². The summed E-state index contributed by atoms with van der Waals surface area (Å²) in [5.74, 6) is 2.36. The third kappa shape index (κ3) is 3.76. The lowest BCUT2D eigenvalue weighted by atomic mass is 9.81. The fourth-order valence-corrected chi connectivity index (χ4v) is 4.90. The number of hydrogen-bond donors (Lipinski definition) is 2. The molecule has 0 spiro atoms. The molecule has 5 aromatic rings. The van der Waals surface area contributed by atoms with Gasteiger partial charge in [0.2, 0.25) is 5.82 Å². The number of pyridine rings is 1. The summed E-state index contributed by atoms with van der Waals surface area (Å²) >= 11 is 0. The molecule has 4 heterocycles. The van der Waals surface area contributed by atoms with Gasteiger partial charge in [-0.05, 0) is 42.9 Å². The second kappa shape index (κ2) is 8.63. The number of benzene rings is 1. The number of aliphatic hydroxyl groups is 1. The lowest BCUT2D eigenvalue weighted by molar-refractivity contribution is 0.151. The number of aliphatic hydroxyl groups excluding tert-OH is 1. The van der Waals surface area contributed by atoms with Crippen LogP contribution in [0.5, 0.6) is 0 Å². The molecule has 6 rings (SSSR count). The number of anilines is 1. The predicted octanol–water partition coefficient (Wildman–Crippen LogP) is 4.35. The minimum atomic E-state index is 0.223. The summed E-state index contributed by atoms with van der Waals surface area (Å²) in [5.41, 5.74) is 6.33. The fourth-order valence-electron chi connectivity index (χ4n) is 4.90. The summed E-state index contributed by atoms with van der Waals surface area (Å²) in [5, 5.41) is 18.1. The van der Waals surface area contributed by atoms with E-state index in [0.717, 1.165) is 52.0 Å². The maximum atomic E-state index is 9.52. The second-order valence-corrected chi connectivity index (χ2v) is 9.27. The third-order valence-corrected chi connectivity index (χ3v) is 6.88. The molecule has 8 heteroatoms. The van der Waals surface area contributed by atoms with Gasteiger partial charge in [0, 0.05) is 67.4 Å². The van der Waals surface area contributed by atoms with Gasteiger partial charge in [-0.3, -0.25) is 4.98 Å². The van der Waals surface area contributed by atoms with E-state index in [1.807, 2.05) is 59.0 Å². The zero-order chi connectivity index (χ0) is 23.9. The van der Waals surface area contributed by atoms with Crippen LogP contribution in [0.3, 0.4) is 0 Å². The largest absolute Gasteiger partial charge is 0.396 e. The molecule has 1 fully saturated rings. The molecule has 1 aromatic carbocycles. The number of aromatic nitrogens is 6. The molecule has 0 bridgehead atoms. The van der Waals surface area contributed by atoms with Gasteiger partial charge in [-0.15, -0.1) is 5.10 Å². The highest BCUT2D eigenvalue weighted by molar-refractivity contribution is 5.99. The van der Waals surface area contributed by atoms with E-state index in [0.29, 0.717) is 17.6 Å². The standard InChI is InChI=1S/C27H27N7O/c1-17-8-9-28-14-21(17)22-15-34-24(23(22)19-6-4-3-5-7-19)25(30-20-12-18(13-20)16-35)31-26(32-34)27-29-10-11-33(27)2/h3-11,14-15,18,20,35H,12-13,16H2,1-2H3,(H,30,31,32). The number of rotatable bonds is 6. The number of hydrogen-bond acceptors (Lipinski definition) is 6. The summed E-state index contributed by atoms with van der Waals surface area (Å²) in [4.78, 5) is 13.9. The Balaban J connectivity index is 1.62. The molecule has 1 saturated carbocycles. The normalized spacial score (nSPS) is 17.5. The van der Waals surface area contributed by atoms with Crippen LogP contribution in [0, 0.1) is 12.8 Å². The topological polar surface area (TPSA) is 93.2 Å². The van der Waals surface area contributed by atoms with Crippen molar-refractivity contribution in [3.05, 3.63) is 72.9 Å². The SMILES string of the molecule is Cc1ccncc1-c1cn2nc(-c3nccn3C)nc(NC3CC(CO)C3)c2c1-c1ccccc1. The van der Waals surface area contributed by atoms with Crippen molar-refractivity contribution in [1.29, 1.82) is 0 Å². The van der Waals surface area contributed by atoms with Crippen molar-refractivity contribution in [3.63, 3.8) is 0 Å². The number of imidazole rings is 1. The van der Waals surface area contributed by atoms with Gasteiger partial charge >= 0.3 is 0 Å². The van der Waals surface area contributed by atoms with Crippen LogP contribution >= 0.6 is 0 Å². The highest BCUT2D eigenvalue weighted by Gasteiger charge is 2.30. The Morgan fingerprint density at radius 3 is 2.63 bits per heavy atom. The van der Waals surface area contributed by atoms with E-state index in [9.17, 15) is 5.11 Å². The molecule has 4 aromatic heterocycles. The summed E-state index contributed by atoms with van der Waals surface area (Å²) in [7, 11) is 1.94. The van der Waals surface area contributed by atoms with Crippen LogP contribution in [0.1, 0.15) is 18.4 Å². The van der Waals surface area contributed by atoms with E-state index in [-0.39, 0.29) is 12.6 Å². The van der Waals surface area contributed by atoms with Gasteiger partial charge in [-0.25, -0.2) is 14.5 Å². The predicted molar refractivity (Wildman–Crippen MR) is 136 cm³/mol. The third-order valence-electron chi connectivity index (χ3n) is 6.88. The molecule has 35 heavy (non-hydrogen) atoms. The molecule has 0 radical (unpaired) electrons. The van der Waals surface area contributed by atoms with Crippen molar-refractivity contribution < 1.29 is 5.11 Å². The molecule has 0 amide bonds. The molecule has 0 saturated heterocycles. The Labute approximate surface area is 203 Å². The average molecular weight is 466 g/mol. The molecule has 8 nitrogen and oxygen atoms in total. The minimum absolute atomic E-state index is 0.223. The summed E-state index contributed by atoms with van der Waals surface area (Å²) in [6, 6.07) is 12.6. The van der Waals surface area contributed by atoms with Crippen molar-refractivity contribution in [2.45, 2.75) is 25.8 Å². The summed E-state index contributed by atoms with van der Waals surface area (Å²) in [6.45, 7) is 2.32. The van der Waals surface area contributed by atoms with E-state index >= 15 is 0 Å². The van der Waals surface area contributed by atoms with Gasteiger partial charge in [0.15, 0.2) is 11.6 Å². The van der Waals surface area contributed by atoms with Crippen molar-refractivity contribution in [3.8, 4) is 33.9 Å². The molecular weight excluding hydrogens is 438 g/mol. The highest BCUT2D eigenvalue weighted by atomic mass is 16.3. The molecule has 0 aliphatic heterocycles. The maximum absolute atomic E-state index is 9.52. The Hall–Kier alpha value is -4.04. The van der Waals surface area contributed by atoms with Crippen LogP contribution in [-0.4, -0.2) is 46.9 Å². The Morgan fingerprint density at radius 1 is 1.09 bits per heavy atom. The smallest absolute Gasteiger partial charge is 0.218 e. The zero-order valence-corrected chi connectivity index (χ0v) is 19.8. The molecule has 0 atom stereocenters. The number of nitrogens with zero attached hydrogens (tertiary/aromatic N) is 6. The monoisotopic (exact) mass is 465 g/mol. The zero-order valence-electron chi connectivity index (χ0n) is 19.8. The Kier molecular flexibility index (Phi) is 5.30. The van der Waals surface area contributed by atoms with E-state index in [2.05, 4.69) is 40.5 Å². The van der Waals surface area contributed by atoms with Crippen LogP contribution < -0.4 is 5.32 Å². The minimum Gasteiger partial charge on any atom is -0.396 e. The number of fused-ring (bicyclic) bond motifs is 1. The molecular formula is C27H27N7O. The summed E-state index contributed by atoms with van der Waals surface area (Å²) < 4.78 is 3.84. The maximum Gasteiger partial charge on any atom is 0.218 e. The van der Waals surface area contributed by atoms with Gasteiger partial charge in [-0.2, -0.15) is 0 Å². The first kappa shape index (κ1) is 21.5. The van der Waals surface area contributed by atoms with Crippen molar-refractivity contribution in [2.75, 3.05) is 11.9 Å². The van der Waals surface area contributed by atoms with E-state index in [1.54, 1.807) is 6.20 Å². The van der Waals surface area contributed by atoms with Crippen molar-refractivity contribution >= 4 is 11.3 Å². The molecule has 2 N–H and O–H groups in total. The van der Waals surface area contributed by atoms with E-state index in [4.69, 9.17) is 10.1 Å². The van der Waals surface area contributed by atoms with Crippen molar-refractivity contribution in [2.24, 2.45) is 13.0 Å². The van der Waals surface area contributed by atoms with Crippen LogP contribution in [0.2, 0.25) is 0 Å². The van der Waals surface area contributed by atoms with Gasteiger partial charge in [0.1, 0.15) is 5.52 Å². The second-order valence-electron chi connectivity index (χ2n) is 9.27. The van der Waals surface area contributed by atoms with Gasteiger partial charge in [-0.1, -0.05) is 30.3 Å². The Bertz CT molecular complexity index is 1500. The summed E-state index contributed by atoms with van der Waals surface area (Å²) in [6.07, 6.45) is 11.3. The van der Waals surface area contributed by atoms with Crippen LogP contribution in [0.25, 0.3) is 39.4 Å². The highest BCUT2D eigenvalue weighted by Crippen LogP contribution is 2.41. The van der Waals surface area contributed by atoms with Crippen LogP contribution in [0.15, 0.2) is 67.4 Å². The van der Waals surface area contributed by atoms with Crippen LogP contribution in [-0.2, 0) is 7.05 Å². The number of nitrogens with one attached hydrogen (secondary N) is 1. The van der Waals surface area contributed by atoms with Crippen molar-refractivity contribution in [1.82, 2.24) is 29.1 Å². The van der Waals surface area contributed by atoms with E-state index in [1.165, 1.54) is 0 Å². The molecule has 0 unspecified atom stereocenters. The van der Waals surface area contributed by atoms with Crippen LogP contribution in [0.4, 0.5) is 5.82 Å². The first-order chi connectivity index (χ1) is 17.1. The number of aryl methyl sites for hydroxylation is 2. The average Bonchev–Trinajstić information content (AvgIpc) is 3.45. The molecule has 1 aliphatic rings. The molecule has 1 aliphatic carbocycles. The first-order valence-corrected chi connectivity index (χ1v) is 11.9. The fraction of sp³-hybridized carbons (Fsp3) is 0.259. The molecule has 176 valence electrons. The van der Waals surface area contributed by atoms with Gasteiger partial charge in [0.25, 0.3) is 0 Å². The van der Waals surface area contributed by atoms with Gasteiger partial charge < -0.3 is 15.0 Å².